The molecule has 0 aromatic heterocycles. The Bertz CT molecular complexity index is 585. The molecule has 0 radical (unpaired) electrons. The van der Waals surface area contributed by atoms with E-state index in [0.29, 0.717) is 12.1 Å². The van der Waals surface area contributed by atoms with Crippen molar-refractivity contribution in [3.63, 3.8) is 0 Å². The van der Waals surface area contributed by atoms with Crippen LogP contribution in [0.3, 0.4) is 0 Å². The molecule has 0 spiro atoms. The molecule has 0 saturated heterocycles. The largest absolute Gasteiger partial charge is 0.253 e. The predicted molar refractivity (Wildman–Crippen MR) is 60.0 cm³/mol. The highest BCUT2D eigenvalue weighted by Crippen LogP contribution is 2.18. The van der Waals surface area contributed by atoms with Gasteiger partial charge in [0.2, 0.25) is 0 Å². The number of nitrogens with zero attached hydrogens (tertiary/aromatic N) is 1. The van der Waals surface area contributed by atoms with E-state index in [-0.39, 0.29) is 5.69 Å². The zero-order chi connectivity index (χ0) is 13.1. The highest BCUT2D eigenvalue weighted by molar-refractivity contribution is 5.82. The fraction of sp³-hybridized carbons (Fsp3) is 0. The summed E-state index contributed by atoms with van der Waals surface area (Å²) in [5.41, 5.74) is -0.569. The summed E-state index contributed by atoms with van der Waals surface area (Å²) in [6.45, 7) is 0. The lowest BCUT2D eigenvalue weighted by atomic mass is 10.2. The van der Waals surface area contributed by atoms with Gasteiger partial charge in [0.25, 0.3) is 0 Å². The monoisotopic (exact) mass is 253 g/mol. The van der Waals surface area contributed by atoms with Crippen molar-refractivity contribution in [2.75, 3.05) is 0 Å². The lowest BCUT2D eigenvalue weighted by molar-refractivity contribution is 0.541. The average molecular weight is 253 g/mol. The standard InChI is InChI=1S/C13H7F4N/c14-8-5-11(16)9(12(17)6-8)7-18-13-4-2-1-3-10(13)15/h1-7H/b18-7+. The summed E-state index contributed by atoms with van der Waals surface area (Å²) >= 11 is 0. The quantitative estimate of drug-likeness (QED) is 0.566. The number of aliphatic imine (C=N–C) groups is 1. The first-order chi connectivity index (χ1) is 8.58. The van der Waals surface area contributed by atoms with E-state index in [1.165, 1.54) is 24.3 Å². The summed E-state index contributed by atoms with van der Waals surface area (Å²) < 4.78 is 52.3. The second kappa shape index (κ2) is 5.00. The van der Waals surface area contributed by atoms with Crippen molar-refractivity contribution in [2.45, 2.75) is 0 Å². The number of para-hydroxylation sites is 1. The molecule has 2 aromatic carbocycles. The van der Waals surface area contributed by atoms with E-state index in [2.05, 4.69) is 4.99 Å². The van der Waals surface area contributed by atoms with Crippen molar-refractivity contribution in [1.29, 1.82) is 0 Å². The number of rotatable bonds is 2. The van der Waals surface area contributed by atoms with Crippen molar-refractivity contribution in [1.82, 2.24) is 0 Å². The van der Waals surface area contributed by atoms with Crippen LogP contribution in [0.5, 0.6) is 0 Å². The average Bonchev–Trinajstić information content (AvgIpc) is 2.30. The summed E-state index contributed by atoms with van der Waals surface area (Å²) in [6, 6.07) is 6.59. The Balaban J connectivity index is 2.38. The van der Waals surface area contributed by atoms with Gasteiger partial charge in [0.05, 0.1) is 11.3 Å². The zero-order valence-corrected chi connectivity index (χ0v) is 9.00. The number of halogens is 4. The number of benzene rings is 2. The molecular formula is C13H7F4N. The van der Waals surface area contributed by atoms with Crippen LogP contribution >= 0.6 is 0 Å². The predicted octanol–water partition coefficient (Wildman–Crippen LogP) is 3.99. The highest BCUT2D eigenvalue weighted by Gasteiger charge is 2.09. The van der Waals surface area contributed by atoms with Crippen LogP contribution in [-0.2, 0) is 0 Å². The van der Waals surface area contributed by atoms with Gasteiger partial charge < -0.3 is 0 Å². The van der Waals surface area contributed by atoms with Crippen LogP contribution < -0.4 is 0 Å². The van der Waals surface area contributed by atoms with Gasteiger partial charge in [-0.05, 0) is 12.1 Å². The second-order valence-corrected chi connectivity index (χ2v) is 3.49. The number of hydrogen-bond acceptors (Lipinski definition) is 1. The first-order valence-corrected chi connectivity index (χ1v) is 5.01. The highest BCUT2D eigenvalue weighted by atomic mass is 19.1. The van der Waals surface area contributed by atoms with Crippen molar-refractivity contribution in [3.05, 3.63) is 65.2 Å². The third-order valence-corrected chi connectivity index (χ3v) is 2.23. The van der Waals surface area contributed by atoms with E-state index < -0.39 is 28.8 Å². The molecule has 5 heteroatoms. The molecule has 1 nitrogen and oxygen atoms in total. The molecular weight excluding hydrogens is 246 g/mol. The molecule has 0 atom stereocenters. The fourth-order valence-electron chi connectivity index (χ4n) is 1.37. The Morgan fingerprint density at radius 2 is 1.44 bits per heavy atom. The summed E-state index contributed by atoms with van der Waals surface area (Å²) in [6.07, 6.45) is 0.822. The van der Waals surface area contributed by atoms with Gasteiger partial charge in [-0.25, -0.2) is 17.6 Å². The van der Waals surface area contributed by atoms with Gasteiger partial charge in [-0.1, -0.05) is 12.1 Å². The van der Waals surface area contributed by atoms with Crippen molar-refractivity contribution in [3.8, 4) is 0 Å². The van der Waals surface area contributed by atoms with Crippen LogP contribution in [0.15, 0.2) is 41.4 Å². The van der Waals surface area contributed by atoms with Crippen molar-refractivity contribution < 1.29 is 17.6 Å². The van der Waals surface area contributed by atoms with E-state index in [0.717, 1.165) is 6.21 Å². The van der Waals surface area contributed by atoms with Crippen LogP contribution in [0, 0.1) is 23.3 Å². The van der Waals surface area contributed by atoms with E-state index in [4.69, 9.17) is 0 Å². The molecule has 0 saturated carbocycles. The SMILES string of the molecule is Fc1cc(F)c(/C=N/c2ccccc2F)c(F)c1. The van der Waals surface area contributed by atoms with Gasteiger partial charge in [0.1, 0.15) is 23.3 Å². The molecule has 0 amide bonds. The Hall–Kier alpha value is -2.17. The third kappa shape index (κ3) is 2.56. The summed E-state index contributed by atoms with van der Waals surface area (Å²) in [7, 11) is 0. The first kappa shape index (κ1) is 12.3. The maximum absolute atomic E-state index is 13.2. The normalized spacial score (nSPS) is 11.1. The molecule has 0 bridgehead atoms. The van der Waals surface area contributed by atoms with Crippen LogP contribution in [-0.4, -0.2) is 6.21 Å². The van der Waals surface area contributed by atoms with E-state index in [1.54, 1.807) is 0 Å². The van der Waals surface area contributed by atoms with Gasteiger partial charge >= 0.3 is 0 Å². The molecule has 2 rings (SSSR count). The van der Waals surface area contributed by atoms with Gasteiger partial charge in [-0.15, -0.1) is 0 Å². The minimum atomic E-state index is -1.09. The van der Waals surface area contributed by atoms with Crippen LogP contribution in [0.1, 0.15) is 5.56 Å². The number of hydrogen-bond donors (Lipinski definition) is 0. The third-order valence-electron chi connectivity index (χ3n) is 2.23. The Labute approximate surface area is 100 Å². The molecule has 0 N–H and O–H groups in total. The topological polar surface area (TPSA) is 12.4 Å². The molecule has 18 heavy (non-hydrogen) atoms. The molecule has 0 aliphatic rings. The first-order valence-electron chi connectivity index (χ1n) is 5.01. The summed E-state index contributed by atoms with van der Waals surface area (Å²) in [5, 5.41) is 0. The fourth-order valence-corrected chi connectivity index (χ4v) is 1.37. The smallest absolute Gasteiger partial charge is 0.148 e. The van der Waals surface area contributed by atoms with Crippen LogP contribution in [0.2, 0.25) is 0 Å². The van der Waals surface area contributed by atoms with Gasteiger partial charge in [0.15, 0.2) is 0 Å². The maximum atomic E-state index is 13.2. The molecule has 2 aromatic rings. The Morgan fingerprint density at radius 1 is 0.833 bits per heavy atom. The Kier molecular flexibility index (Phi) is 3.41. The Morgan fingerprint density at radius 3 is 2.06 bits per heavy atom. The molecule has 0 aliphatic heterocycles. The molecule has 0 heterocycles. The van der Waals surface area contributed by atoms with E-state index in [1.807, 2.05) is 0 Å². The lowest BCUT2D eigenvalue weighted by Crippen LogP contribution is -1.95. The van der Waals surface area contributed by atoms with Gasteiger partial charge in [-0.3, -0.25) is 4.99 Å². The summed E-state index contributed by atoms with van der Waals surface area (Å²) in [5.74, 6) is -3.81. The van der Waals surface area contributed by atoms with E-state index in [9.17, 15) is 17.6 Å². The van der Waals surface area contributed by atoms with Crippen LogP contribution in [0.4, 0.5) is 23.2 Å². The van der Waals surface area contributed by atoms with Gasteiger partial charge in [0, 0.05) is 18.3 Å². The minimum absolute atomic E-state index is 0.0550. The van der Waals surface area contributed by atoms with Gasteiger partial charge in [-0.2, -0.15) is 0 Å². The van der Waals surface area contributed by atoms with Crippen molar-refractivity contribution >= 4 is 11.9 Å². The summed E-state index contributed by atoms with van der Waals surface area (Å²) in [4.78, 5) is 3.62. The lowest BCUT2D eigenvalue weighted by Gasteiger charge is -2.00. The van der Waals surface area contributed by atoms with Crippen LogP contribution in [0.25, 0.3) is 0 Å². The molecule has 0 aliphatic carbocycles. The molecule has 0 unspecified atom stereocenters. The molecule has 92 valence electrons. The second-order valence-electron chi connectivity index (χ2n) is 3.49. The zero-order valence-electron chi connectivity index (χ0n) is 9.00. The van der Waals surface area contributed by atoms with E-state index >= 15 is 0 Å². The maximum Gasteiger partial charge on any atom is 0.148 e. The van der Waals surface area contributed by atoms with Crippen molar-refractivity contribution in [2.24, 2.45) is 4.99 Å². The molecule has 0 fully saturated rings. The minimum Gasteiger partial charge on any atom is -0.253 e.